The highest BCUT2D eigenvalue weighted by Gasteiger charge is 2.19. The van der Waals surface area contributed by atoms with Gasteiger partial charge in [0.15, 0.2) is 0 Å². The van der Waals surface area contributed by atoms with E-state index in [0.29, 0.717) is 18.3 Å². The van der Waals surface area contributed by atoms with Gasteiger partial charge in [-0.2, -0.15) is 0 Å². The summed E-state index contributed by atoms with van der Waals surface area (Å²) in [5, 5.41) is 3.25. The third-order valence-electron chi connectivity index (χ3n) is 2.48. The smallest absolute Gasteiger partial charge is 0.254 e. The predicted molar refractivity (Wildman–Crippen MR) is 62.3 cm³/mol. The molecule has 0 saturated carbocycles. The molecule has 0 aliphatic carbocycles. The SMILES string of the molecule is Cc1nc(OCC2CNCC(C)O2)cc(=O)[nH]1. The number of nitrogens with zero attached hydrogens (tertiary/aromatic N) is 1. The molecule has 0 amide bonds. The summed E-state index contributed by atoms with van der Waals surface area (Å²) in [6, 6.07) is 1.34. The van der Waals surface area contributed by atoms with Gasteiger partial charge in [-0.3, -0.25) is 4.79 Å². The summed E-state index contributed by atoms with van der Waals surface area (Å²) < 4.78 is 11.1. The molecular formula is C11H17N3O3. The van der Waals surface area contributed by atoms with Crippen LogP contribution >= 0.6 is 0 Å². The van der Waals surface area contributed by atoms with Gasteiger partial charge in [0.1, 0.15) is 18.5 Å². The molecule has 2 unspecified atom stereocenters. The summed E-state index contributed by atoms with van der Waals surface area (Å²) in [5.41, 5.74) is -0.205. The lowest BCUT2D eigenvalue weighted by Gasteiger charge is -2.28. The van der Waals surface area contributed by atoms with E-state index in [9.17, 15) is 4.79 Å². The van der Waals surface area contributed by atoms with Crippen LogP contribution in [0.4, 0.5) is 0 Å². The zero-order valence-electron chi connectivity index (χ0n) is 10.0. The first-order valence-electron chi connectivity index (χ1n) is 5.70. The molecule has 17 heavy (non-hydrogen) atoms. The van der Waals surface area contributed by atoms with Crippen LogP contribution in [0.15, 0.2) is 10.9 Å². The molecule has 0 radical (unpaired) electrons. The Kier molecular flexibility index (Phi) is 3.75. The van der Waals surface area contributed by atoms with Crippen molar-refractivity contribution in [1.29, 1.82) is 0 Å². The first-order valence-corrected chi connectivity index (χ1v) is 5.70. The molecule has 0 spiro atoms. The van der Waals surface area contributed by atoms with E-state index in [0.717, 1.165) is 13.1 Å². The van der Waals surface area contributed by atoms with Crippen LogP contribution in [0.2, 0.25) is 0 Å². The highest BCUT2D eigenvalue weighted by atomic mass is 16.5. The van der Waals surface area contributed by atoms with Crippen LogP contribution in [-0.4, -0.2) is 41.9 Å². The van der Waals surface area contributed by atoms with E-state index in [-0.39, 0.29) is 17.8 Å². The maximum absolute atomic E-state index is 11.2. The van der Waals surface area contributed by atoms with Gasteiger partial charge in [-0.25, -0.2) is 4.98 Å². The number of nitrogens with one attached hydrogen (secondary N) is 2. The Labute approximate surface area is 99.4 Å². The van der Waals surface area contributed by atoms with E-state index >= 15 is 0 Å². The summed E-state index contributed by atoms with van der Waals surface area (Å²) in [7, 11) is 0. The molecule has 0 aromatic carbocycles. The van der Waals surface area contributed by atoms with Crippen molar-refractivity contribution in [1.82, 2.24) is 15.3 Å². The van der Waals surface area contributed by atoms with Crippen molar-refractivity contribution in [2.45, 2.75) is 26.1 Å². The van der Waals surface area contributed by atoms with Crippen LogP contribution in [0.1, 0.15) is 12.7 Å². The fourth-order valence-corrected chi connectivity index (χ4v) is 1.77. The number of ether oxygens (including phenoxy) is 2. The van der Waals surface area contributed by atoms with Gasteiger partial charge >= 0.3 is 0 Å². The molecule has 1 aliphatic rings. The molecule has 1 aromatic rings. The lowest BCUT2D eigenvalue weighted by Crippen LogP contribution is -2.45. The van der Waals surface area contributed by atoms with E-state index in [1.807, 2.05) is 6.92 Å². The first-order chi connectivity index (χ1) is 8.13. The number of rotatable bonds is 3. The second-order valence-electron chi connectivity index (χ2n) is 4.21. The van der Waals surface area contributed by atoms with Crippen LogP contribution in [0, 0.1) is 6.92 Å². The first kappa shape index (κ1) is 12.1. The van der Waals surface area contributed by atoms with Crippen LogP contribution in [0.25, 0.3) is 0 Å². The number of aromatic nitrogens is 2. The van der Waals surface area contributed by atoms with E-state index in [4.69, 9.17) is 9.47 Å². The fourth-order valence-electron chi connectivity index (χ4n) is 1.77. The van der Waals surface area contributed by atoms with E-state index in [1.54, 1.807) is 6.92 Å². The Morgan fingerprint density at radius 3 is 3.12 bits per heavy atom. The van der Waals surface area contributed by atoms with E-state index in [2.05, 4.69) is 15.3 Å². The van der Waals surface area contributed by atoms with Crippen molar-refractivity contribution in [2.75, 3.05) is 19.7 Å². The number of hydrogen-bond donors (Lipinski definition) is 2. The molecule has 1 fully saturated rings. The largest absolute Gasteiger partial charge is 0.475 e. The Balaban J connectivity index is 1.90. The zero-order chi connectivity index (χ0) is 12.3. The molecule has 2 heterocycles. The third kappa shape index (κ3) is 3.54. The quantitative estimate of drug-likeness (QED) is 0.766. The van der Waals surface area contributed by atoms with Gasteiger partial charge in [-0.15, -0.1) is 0 Å². The van der Waals surface area contributed by atoms with Crippen LogP contribution < -0.4 is 15.6 Å². The third-order valence-corrected chi connectivity index (χ3v) is 2.48. The van der Waals surface area contributed by atoms with Crippen molar-refractivity contribution in [3.63, 3.8) is 0 Å². The second-order valence-corrected chi connectivity index (χ2v) is 4.21. The van der Waals surface area contributed by atoms with Gasteiger partial charge in [-0.05, 0) is 13.8 Å². The Morgan fingerprint density at radius 2 is 2.41 bits per heavy atom. The van der Waals surface area contributed by atoms with Gasteiger partial charge < -0.3 is 19.8 Å². The van der Waals surface area contributed by atoms with Crippen molar-refractivity contribution >= 4 is 0 Å². The Bertz CT molecular complexity index is 432. The van der Waals surface area contributed by atoms with Gasteiger partial charge in [0.25, 0.3) is 5.56 Å². The Morgan fingerprint density at radius 1 is 1.59 bits per heavy atom. The fraction of sp³-hybridized carbons (Fsp3) is 0.636. The van der Waals surface area contributed by atoms with Crippen LogP contribution in [0.3, 0.4) is 0 Å². The monoisotopic (exact) mass is 239 g/mol. The lowest BCUT2D eigenvalue weighted by atomic mass is 10.2. The predicted octanol–water partition coefficient (Wildman–Crippen LogP) is -0.166. The molecule has 2 N–H and O–H groups in total. The average Bonchev–Trinajstić information content (AvgIpc) is 2.25. The molecular weight excluding hydrogens is 222 g/mol. The molecule has 2 atom stereocenters. The summed E-state index contributed by atoms with van der Waals surface area (Å²) in [6.07, 6.45) is 0.186. The second kappa shape index (κ2) is 5.29. The van der Waals surface area contributed by atoms with Crippen LogP contribution in [0.5, 0.6) is 5.88 Å². The Hall–Kier alpha value is -1.40. The normalized spacial score (nSPS) is 24.6. The molecule has 94 valence electrons. The molecule has 6 heteroatoms. The van der Waals surface area contributed by atoms with Crippen molar-refractivity contribution in [3.8, 4) is 5.88 Å². The average molecular weight is 239 g/mol. The standard InChI is InChI=1S/C11H17N3O3/c1-7-4-12-5-9(17-7)6-16-11-3-10(15)13-8(2)14-11/h3,7,9,12H,4-6H2,1-2H3,(H,13,14,15). The van der Waals surface area contributed by atoms with Gasteiger partial charge in [0.05, 0.1) is 12.2 Å². The van der Waals surface area contributed by atoms with E-state index < -0.39 is 0 Å². The molecule has 6 nitrogen and oxygen atoms in total. The summed E-state index contributed by atoms with van der Waals surface area (Å²) >= 11 is 0. The number of aryl methyl sites for hydroxylation is 1. The molecule has 1 saturated heterocycles. The molecule has 0 bridgehead atoms. The molecule has 2 rings (SSSR count). The van der Waals surface area contributed by atoms with Crippen molar-refractivity contribution < 1.29 is 9.47 Å². The van der Waals surface area contributed by atoms with Gasteiger partial charge in [0.2, 0.25) is 5.88 Å². The van der Waals surface area contributed by atoms with Gasteiger partial charge in [-0.1, -0.05) is 0 Å². The summed E-state index contributed by atoms with van der Waals surface area (Å²) in [5.74, 6) is 0.886. The minimum atomic E-state index is -0.205. The minimum absolute atomic E-state index is 0.000133. The number of morpholine rings is 1. The lowest BCUT2D eigenvalue weighted by molar-refractivity contribution is -0.0477. The number of H-pyrrole nitrogens is 1. The topological polar surface area (TPSA) is 76.2 Å². The number of aromatic amines is 1. The summed E-state index contributed by atoms with van der Waals surface area (Å²) in [6.45, 7) is 5.74. The summed E-state index contributed by atoms with van der Waals surface area (Å²) in [4.78, 5) is 17.8. The number of hydrogen-bond acceptors (Lipinski definition) is 5. The minimum Gasteiger partial charge on any atom is -0.475 e. The highest BCUT2D eigenvalue weighted by Crippen LogP contribution is 2.07. The molecule has 1 aromatic heterocycles. The zero-order valence-corrected chi connectivity index (χ0v) is 10.0. The van der Waals surface area contributed by atoms with Gasteiger partial charge in [0, 0.05) is 13.1 Å². The van der Waals surface area contributed by atoms with E-state index in [1.165, 1.54) is 6.07 Å². The maximum Gasteiger partial charge on any atom is 0.254 e. The highest BCUT2D eigenvalue weighted by molar-refractivity contribution is 5.08. The maximum atomic E-state index is 11.2. The van der Waals surface area contributed by atoms with Crippen molar-refractivity contribution in [3.05, 3.63) is 22.2 Å². The van der Waals surface area contributed by atoms with Crippen LogP contribution in [-0.2, 0) is 4.74 Å². The molecule has 1 aliphatic heterocycles. The van der Waals surface area contributed by atoms with Crippen molar-refractivity contribution in [2.24, 2.45) is 0 Å².